The van der Waals surface area contributed by atoms with E-state index in [1.54, 1.807) is 17.0 Å². The van der Waals surface area contributed by atoms with Gasteiger partial charge in [-0.1, -0.05) is 6.07 Å². The van der Waals surface area contributed by atoms with Crippen LogP contribution in [0.3, 0.4) is 0 Å². The first kappa shape index (κ1) is 13.8. The highest BCUT2D eigenvalue weighted by Gasteiger charge is 2.22. The molecule has 2 aromatic rings. The second-order valence-corrected chi connectivity index (χ2v) is 6.24. The van der Waals surface area contributed by atoms with Gasteiger partial charge in [0.1, 0.15) is 10.4 Å². The normalized spacial score (nSPS) is 15.6. The lowest BCUT2D eigenvalue weighted by atomic mass is 10.3. The first-order chi connectivity index (χ1) is 10.1. The van der Waals surface area contributed by atoms with Crippen LogP contribution in [0.1, 0.15) is 0 Å². The third-order valence-electron chi connectivity index (χ3n) is 3.16. The van der Waals surface area contributed by atoms with Crippen LogP contribution in [0.15, 0.2) is 27.7 Å². The summed E-state index contributed by atoms with van der Waals surface area (Å²) in [4.78, 5) is 12.9. The van der Waals surface area contributed by atoms with Crippen LogP contribution in [-0.2, 0) is 10.0 Å². The number of nitrogens with zero attached hydrogens (tertiary/aromatic N) is 3. The molecule has 2 N–H and O–H groups in total. The van der Waals surface area contributed by atoms with Gasteiger partial charge in [-0.2, -0.15) is 0 Å². The van der Waals surface area contributed by atoms with Crippen molar-refractivity contribution in [1.82, 2.24) is 25.3 Å². The Labute approximate surface area is 120 Å². The van der Waals surface area contributed by atoms with Gasteiger partial charge < -0.3 is 10.2 Å². The molecule has 21 heavy (non-hydrogen) atoms. The Kier molecular flexibility index (Phi) is 3.47. The number of carbonyl (C=O) groups excluding carboxylic acids is 1. The third-order valence-corrected chi connectivity index (χ3v) is 4.65. The zero-order valence-electron chi connectivity index (χ0n) is 10.9. The Hall–Kier alpha value is -2.20. The highest BCUT2D eigenvalue weighted by atomic mass is 32.2. The smallest absolute Gasteiger partial charge is 0.317 e. The van der Waals surface area contributed by atoms with E-state index in [1.807, 2.05) is 0 Å². The van der Waals surface area contributed by atoms with E-state index in [9.17, 15) is 13.2 Å². The molecule has 0 atom stereocenters. The minimum Gasteiger partial charge on any atom is -0.336 e. The summed E-state index contributed by atoms with van der Waals surface area (Å²) in [6.45, 7) is 1.58. The number of sulfonamides is 1. The molecular formula is C11H13N5O4S. The Morgan fingerprint density at radius 1 is 1.38 bits per heavy atom. The molecule has 1 aliphatic rings. The van der Waals surface area contributed by atoms with Crippen LogP contribution in [0.2, 0.25) is 0 Å². The van der Waals surface area contributed by atoms with Crippen LogP contribution in [0.5, 0.6) is 0 Å². The molecule has 1 aromatic heterocycles. The standard InChI is InChI=1S/C11H13N5O4S/c17-11-12-4-6-16(11)7-5-13-21(18,19)9-3-1-2-8-10(9)15-20-14-8/h1-3,13H,4-7H2,(H,12,17). The van der Waals surface area contributed by atoms with Gasteiger partial charge in [0, 0.05) is 26.2 Å². The molecule has 0 aliphatic carbocycles. The lowest BCUT2D eigenvalue weighted by molar-refractivity contribution is 0.218. The van der Waals surface area contributed by atoms with Gasteiger partial charge in [-0.25, -0.2) is 22.6 Å². The van der Waals surface area contributed by atoms with Gasteiger partial charge in [0.05, 0.1) is 0 Å². The highest BCUT2D eigenvalue weighted by Crippen LogP contribution is 2.19. The van der Waals surface area contributed by atoms with Crippen molar-refractivity contribution in [2.24, 2.45) is 0 Å². The molecule has 0 radical (unpaired) electrons. The summed E-state index contributed by atoms with van der Waals surface area (Å²) in [5, 5.41) is 9.86. The van der Waals surface area contributed by atoms with E-state index < -0.39 is 10.0 Å². The lowest BCUT2D eigenvalue weighted by Gasteiger charge is -2.14. The molecule has 1 aliphatic heterocycles. The van der Waals surface area contributed by atoms with Crippen LogP contribution in [0.25, 0.3) is 11.0 Å². The van der Waals surface area contributed by atoms with E-state index in [2.05, 4.69) is 25.0 Å². The third kappa shape index (κ3) is 2.67. The maximum Gasteiger partial charge on any atom is 0.317 e. The van der Waals surface area contributed by atoms with E-state index in [0.717, 1.165) is 0 Å². The summed E-state index contributed by atoms with van der Waals surface area (Å²) in [6.07, 6.45) is 0. The van der Waals surface area contributed by atoms with E-state index in [1.165, 1.54) is 6.07 Å². The summed E-state index contributed by atoms with van der Waals surface area (Å²) in [5.41, 5.74) is 0.556. The van der Waals surface area contributed by atoms with Crippen LogP contribution in [-0.4, -0.2) is 55.8 Å². The monoisotopic (exact) mass is 311 g/mol. The van der Waals surface area contributed by atoms with Gasteiger partial charge in [0.25, 0.3) is 0 Å². The molecule has 1 fully saturated rings. The van der Waals surface area contributed by atoms with E-state index in [0.29, 0.717) is 25.2 Å². The largest absolute Gasteiger partial charge is 0.336 e. The van der Waals surface area contributed by atoms with E-state index >= 15 is 0 Å². The van der Waals surface area contributed by atoms with Crippen molar-refractivity contribution in [3.05, 3.63) is 18.2 Å². The van der Waals surface area contributed by atoms with Crippen molar-refractivity contribution in [2.75, 3.05) is 26.2 Å². The van der Waals surface area contributed by atoms with Crippen molar-refractivity contribution in [3.63, 3.8) is 0 Å². The highest BCUT2D eigenvalue weighted by molar-refractivity contribution is 7.89. The summed E-state index contributed by atoms with van der Waals surface area (Å²) in [6, 6.07) is 4.42. The van der Waals surface area contributed by atoms with Gasteiger partial charge in [0.15, 0.2) is 5.52 Å². The number of rotatable bonds is 5. The first-order valence-electron chi connectivity index (χ1n) is 6.32. The summed E-state index contributed by atoms with van der Waals surface area (Å²) in [7, 11) is -3.74. The number of fused-ring (bicyclic) bond motifs is 1. The molecule has 10 heteroatoms. The maximum atomic E-state index is 12.3. The molecule has 3 rings (SSSR count). The van der Waals surface area contributed by atoms with Crippen molar-refractivity contribution in [2.45, 2.75) is 4.90 Å². The number of urea groups is 1. The SMILES string of the molecule is O=C1NCCN1CCNS(=O)(=O)c1cccc2nonc12. The molecule has 0 unspecified atom stereocenters. The number of carbonyl (C=O) groups is 1. The zero-order valence-corrected chi connectivity index (χ0v) is 11.8. The second kappa shape index (κ2) is 5.30. The molecule has 9 nitrogen and oxygen atoms in total. The Balaban J connectivity index is 1.72. The number of benzene rings is 1. The quantitative estimate of drug-likeness (QED) is 0.770. The number of aromatic nitrogens is 2. The van der Waals surface area contributed by atoms with Crippen LogP contribution in [0, 0.1) is 0 Å². The zero-order chi connectivity index (χ0) is 14.9. The van der Waals surface area contributed by atoms with Gasteiger partial charge >= 0.3 is 6.03 Å². The van der Waals surface area contributed by atoms with Gasteiger partial charge in [-0.05, 0) is 22.4 Å². The maximum absolute atomic E-state index is 12.3. The van der Waals surface area contributed by atoms with Crippen LogP contribution in [0.4, 0.5) is 4.79 Å². The Morgan fingerprint density at radius 2 is 2.24 bits per heavy atom. The van der Waals surface area contributed by atoms with Gasteiger partial charge in [0.2, 0.25) is 10.0 Å². The Morgan fingerprint density at radius 3 is 3.00 bits per heavy atom. The van der Waals surface area contributed by atoms with Gasteiger partial charge in [-0.3, -0.25) is 0 Å². The predicted molar refractivity (Wildman–Crippen MR) is 72.0 cm³/mol. The number of nitrogens with one attached hydrogen (secondary N) is 2. The number of hydrogen-bond acceptors (Lipinski definition) is 6. The fraction of sp³-hybridized carbons (Fsp3) is 0.364. The lowest BCUT2D eigenvalue weighted by Crippen LogP contribution is -2.36. The minimum absolute atomic E-state index is 0.00660. The second-order valence-electron chi connectivity index (χ2n) is 4.50. The average molecular weight is 311 g/mol. The fourth-order valence-electron chi connectivity index (χ4n) is 2.12. The average Bonchev–Trinajstić information content (AvgIpc) is 3.07. The van der Waals surface area contributed by atoms with Crippen molar-refractivity contribution in [3.8, 4) is 0 Å². The molecule has 1 aromatic carbocycles. The first-order valence-corrected chi connectivity index (χ1v) is 7.80. The summed E-state index contributed by atoms with van der Waals surface area (Å²) in [5.74, 6) is 0. The molecule has 0 saturated carbocycles. The van der Waals surface area contributed by atoms with E-state index in [4.69, 9.17) is 0 Å². The Bertz CT molecular complexity index is 772. The molecule has 0 spiro atoms. The molecule has 112 valence electrons. The van der Waals surface area contributed by atoms with Crippen LogP contribution < -0.4 is 10.0 Å². The minimum atomic E-state index is -3.74. The van der Waals surface area contributed by atoms with Crippen molar-refractivity contribution < 1.29 is 17.8 Å². The van der Waals surface area contributed by atoms with E-state index in [-0.39, 0.29) is 23.0 Å². The van der Waals surface area contributed by atoms with Crippen LogP contribution >= 0.6 is 0 Å². The van der Waals surface area contributed by atoms with Crippen molar-refractivity contribution >= 4 is 27.1 Å². The topological polar surface area (TPSA) is 117 Å². The fourth-order valence-corrected chi connectivity index (χ4v) is 3.29. The van der Waals surface area contributed by atoms with Gasteiger partial charge in [-0.15, -0.1) is 0 Å². The van der Waals surface area contributed by atoms with Crippen molar-refractivity contribution in [1.29, 1.82) is 0 Å². The molecular weight excluding hydrogens is 298 g/mol. The number of hydrogen-bond donors (Lipinski definition) is 2. The molecule has 2 heterocycles. The molecule has 2 amide bonds. The molecule has 0 bridgehead atoms. The predicted octanol–water partition coefficient (Wildman–Crippen LogP) is -0.474. The summed E-state index contributed by atoms with van der Waals surface area (Å²) < 4.78 is 31.5. The molecule has 1 saturated heterocycles. The number of amides is 2. The summed E-state index contributed by atoms with van der Waals surface area (Å²) >= 11 is 0.